The summed E-state index contributed by atoms with van der Waals surface area (Å²) in [5.41, 5.74) is 2.54. The normalized spacial score (nSPS) is 14.9. The van der Waals surface area contributed by atoms with Gasteiger partial charge < -0.3 is 5.32 Å². The molecule has 32 heavy (non-hydrogen) atoms. The van der Waals surface area contributed by atoms with Crippen LogP contribution >= 0.6 is 0 Å². The van der Waals surface area contributed by atoms with Crippen molar-refractivity contribution < 1.29 is 14.4 Å². The summed E-state index contributed by atoms with van der Waals surface area (Å²) in [7, 11) is 0. The third-order valence-corrected chi connectivity index (χ3v) is 5.83. The maximum absolute atomic E-state index is 13.6. The highest BCUT2D eigenvalue weighted by molar-refractivity contribution is 6.22. The molecular weight excluding hydrogens is 400 g/mol. The fraction of sp³-hybridized carbons (Fsp3) is 0.222. The second-order valence-corrected chi connectivity index (χ2v) is 8.37. The van der Waals surface area contributed by atoms with Gasteiger partial charge in [0.05, 0.1) is 17.2 Å². The molecule has 0 spiro atoms. The average molecular weight is 427 g/mol. The fourth-order valence-electron chi connectivity index (χ4n) is 4.17. The van der Waals surface area contributed by atoms with E-state index in [1.54, 1.807) is 24.3 Å². The lowest BCUT2D eigenvalue weighted by Crippen LogP contribution is -2.51. The smallest absolute Gasteiger partial charge is 0.262 e. The van der Waals surface area contributed by atoms with Crippen molar-refractivity contribution in [1.29, 1.82) is 0 Å². The number of hydrogen-bond donors (Lipinski definition) is 1. The highest BCUT2D eigenvalue weighted by atomic mass is 16.2. The molecule has 0 unspecified atom stereocenters. The zero-order valence-electron chi connectivity index (χ0n) is 18.2. The largest absolute Gasteiger partial charge is 0.347 e. The molecule has 162 valence electrons. The van der Waals surface area contributed by atoms with Gasteiger partial charge in [-0.25, -0.2) is 0 Å². The molecule has 1 aliphatic heterocycles. The molecule has 4 rings (SSSR count). The van der Waals surface area contributed by atoms with Crippen molar-refractivity contribution in [2.75, 3.05) is 0 Å². The minimum atomic E-state index is -0.949. The maximum atomic E-state index is 13.6. The van der Waals surface area contributed by atoms with Gasteiger partial charge in [0, 0.05) is 6.42 Å². The van der Waals surface area contributed by atoms with Gasteiger partial charge in [0.2, 0.25) is 5.91 Å². The standard InChI is InChI=1S/C27H26N2O3/c1-18(2)24(20-13-7-4-8-14-20)28-25(30)23(17-19-11-5-3-6-12-19)29-26(31)21-15-9-10-16-22(21)27(29)32/h3-16,18,23-24H,17H2,1-2H3,(H,28,30)/t23-,24+/m1/s1. The van der Waals surface area contributed by atoms with Crippen LogP contribution < -0.4 is 5.32 Å². The van der Waals surface area contributed by atoms with E-state index >= 15 is 0 Å². The van der Waals surface area contributed by atoms with Crippen LogP contribution in [0.3, 0.4) is 0 Å². The van der Waals surface area contributed by atoms with Gasteiger partial charge in [-0.3, -0.25) is 19.3 Å². The number of imide groups is 1. The first-order chi connectivity index (χ1) is 15.5. The van der Waals surface area contributed by atoms with E-state index in [-0.39, 0.29) is 24.3 Å². The Morgan fingerprint density at radius 2 is 1.28 bits per heavy atom. The monoisotopic (exact) mass is 426 g/mol. The first-order valence-electron chi connectivity index (χ1n) is 10.8. The van der Waals surface area contributed by atoms with E-state index in [4.69, 9.17) is 0 Å². The molecule has 1 N–H and O–H groups in total. The third kappa shape index (κ3) is 4.19. The number of hydrogen-bond acceptors (Lipinski definition) is 3. The van der Waals surface area contributed by atoms with Crippen molar-refractivity contribution in [3.63, 3.8) is 0 Å². The molecule has 1 aliphatic rings. The predicted molar refractivity (Wildman–Crippen MR) is 123 cm³/mol. The molecule has 3 amide bonds. The van der Waals surface area contributed by atoms with Gasteiger partial charge in [-0.1, -0.05) is 86.6 Å². The first kappa shape index (κ1) is 21.5. The van der Waals surface area contributed by atoms with Crippen LogP contribution in [0, 0.1) is 5.92 Å². The molecule has 3 aromatic carbocycles. The van der Waals surface area contributed by atoms with Crippen molar-refractivity contribution in [3.05, 3.63) is 107 Å². The Labute approximate surface area is 188 Å². The number of benzene rings is 3. The van der Waals surface area contributed by atoms with Crippen LogP contribution in [0.2, 0.25) is 0 Å². The van der Waals surface area contributed by atoms with Crippen molar-refractivity contribution >= 4 is 17.7 Å². The van der Waals surface area contributed by atoms with Gasteiger partial charge in [0.25, 0.3) is 11.8 Å². The summed E-state index contributed by atoms with van der Waals surface area (Å²) in [4.78, 5) is 41.0. The van der Waals surface area contributed by atoms with Crippen molar-refractivity contribution in [2.24, 2.45) is 5.92 Å². The summed E-state index contributed by atoms with van der Waals surface area (Å²) in [5, 5.41) is 3.11. The van der Waals surface area contributed by atoms with Crippen LogP contribution in [-0.2, 0) is 11.2 Å². The summed E-state index contributed by atoms with van der Waals surface area (Å²) < 4.78 is 0. The van der Waals surface area contributed by atoms with E-state index in [0.717, 1.165) is 16.0 Å². The molecule has 0 fully saturated rings. The predicted octanol–water partition coefficient (Wildman–Crippen LogP) is 4.41. The summed E-state index contributed by atoms with van der Waals surface area (Å²) in [6, 6.07) is 24.7. The molecular formula is C27H26N2O3. The number of nitrogens with zero attached hydrogens (tertiary/aromatic N) is 1. The molecule has 0 bridgehead atoms. The van der Waals surface area contributed by atoms with Gasteiger partial charge >= 0.3 is 0 Å². The Hall–Kier alpha value is -3.73. The molecule has 0 saturated heterocycles. The zero-order valence-corrected chi connectivity index (χ0v) is 18.2. The lowest BCUT2D eigenvalue weighted by Gasteiger charge is -2.29. The Morgan fingerprint density at radius 3 is 1.81 bits per heavy atom. The van der Waals surface area contributed by atoms with E-state index < -0.39 is 17.9 Å². The molecule has 3 aromatic rings. The summed E-state index contributed by atoms with van der Waals surface area (Å²) in [6.45, 7) is 4.07. The highest BCUT2D eigenvalue weighted by Gasteiger charge is 2.43. The second-order valence-electron chi connectivity index (χ2n) is 8.37. The van der Waals surface area contributed by atoms with Crippen molar-refractivity contribution in [3.8, 4) is 0 Å². The summed E-state index contributed by atoms with van der Waals surface area (Å²) in [5.74, 6) is -1.07. The number of carbonyl (C=O) groups is 3. The molecule has 5 nitrogen and oxygen atoms in total. The van der Waals surface area contributed by atoms with Crippen LogP contribution in [0.25, 0.3) is 0 Å². The molecule has 5 heteroatoms. The SMILES string of the molecule is CC(C)[C@H](NC(=O)[C@@H](Cc1ccccc1)N1C(=O)c2ccccc2C1=O)c1ccccc1. The Bertz CT molecular complexity index is 1090. The van der Waals surface area contributed by atoms with Crippen LogP contribution in [0.4, 0.5) is 0 Å². The topological polar surface area (TPSA) is 66.5 Å². The zero-order chi connectivity index (χ0) is 22.7. The van der Waals surface area contributed by atoms with Gasteiger partial charge in [-0.05, 0) is 29.2 Å². The lowest BCUT2D eigenvalue weighted by atomic mass is 9.95. The van der Waals surface area contributed by atoms with Gasteiger partial charge in [-0.15, -0.1) is 0 Å². The molecule has 0 saturated carbocycles. The number of carbonyl (C=O) groups excluding carboxylic acids is 3. The lowest BCUT2D eigenvalue weighted by molar-refractivity contribution is -0.126. The Kier molecular flexibility index (Phi) is 6.17. The van der Waals surface area contributed by atoms with E-state index in [1.807, 2.05) is 74.5 Å². The van der Waals surface area contributed by atoms with E-state index in [1.165, 1.54) is 0 Å². The van der Waals surface area contributed by atoms with Gasteiger partial charge in [0.1, 0.15) is 6.04 Å². The van der Waals surface area contributed by atoms with Crippen LogP contribution in [0.1, 0.15) is 51.7 Å². The van der Waals surface area contributed by atoms with E-state index in [0.29, 0.717) is 11.1 Å². The molecule has 0 radical (unpaired) electrons. The molecule has 0 aliphatic carbocycles. The number of fused-ring (bicyclic) bond motifs is 1. The highest BCUT2D eigenvalue weighted by Crippen LogP contribution is 2.27. The minimum absolute atomic E-state index is 0.126. The molecule has 1 heterocycles. The van der Waals surface area contributed by atoms with Crippen LogP contribution in [-0.4, -0.2) is 28.7 Å². The third-order valence-electron chi connectivity index (χ3n) is 5.83. The summed E-state index contributed by atoms with van der Waals surface area (Å²) in [6.07, 6.45) is 0.248. The van der Waals surface area contributed by atoms with Crippen molar-refractivity contribution in [1.82, 2.24) is 10.2 Å². The molecule has 0 aromatic heterocycles. The van der Waals surface area contributed by atoms with E-state index in [9.17, 15) is 14.4 Å². The van der Waals surface area contributed by atoms with Gasteiger partial charge in [-0.2, -0.15) is 0 Å². The molecule has 2 atom stereocenters. The second kappa shape index (κ2) is 9.18. The van der Waals surface area contributed by atoms with Crippen molar-refractivity contribution in [2.45, 2.75) is 32.4 Å². The number of amides is 3. The van der Waals surface area contributed by atoms with Gasteiger partial charge in [0.15, 0.2) is 0 Å². The van der Waals surface area contributed by atoms with Crippen LogP contribution in [0.15, 0.2) is 84.9 Å². The first-order valence-corrected chi connectivity index (χ1v) is 10.8. The Balaban J connectivity index is 1.68. The number of nitrogens with one attached hydrogen (secondary N) is 1. The summed E-state index contributed by atoms with van der Waals surface area (Å²) >= 11 is 0. The average Bonchev–Trinajstić information content (AvgIpc) is 3.07. The van der Waals surface area contributed by atoms with E-state index in [2.05, 4.69) is 5.32 Å². The number of rotatable bonds is 7. The van der Waals surface area contributed by atoms with Crippen LogP contribution in [0.5, 0.6) is 0 Å². The quantitative estimate of drug-likeness (QED) is 0.569. The maximum Gasteiger partial charge on any atom is 0.262 e. The minimum Gasteiger partial charge on any atom is -0.347 e. The Morgan fingerprint density at radius 1 is 0.781 bits per heavy atom. The fourth-order valence-corrected chi connectivity index (χ4v) is 4.17.